The number of rotatable bonds is 10. The summed E-state index contributed by atoms with van der Waals surface area (Å²) in [6, 6.07) is 9.85. The van der Waals surface area contributed by atoms with E-state index in [1.165, 1.54) is 29.7 Å². The average molecular weight is 463 g/mol. The van der Waals surface area contributed by atoms with Crippen molar-refractivity contribution in [1.82, 2.24) is 14.5 Å². The lowest BCUT2D eigenvalue weighted by Gasteiger charge is -2.20. The zero-order valence-electron chi connectivity index (χ0n) is 17.7. The number of benzene rings is 1. The number of amides is 1. The number of aryl methyl sites for hydroxylation is 1. The number of hydrogen-bond donors (Lipinski definition) is 1. The molecule has 0 unspecified atom stereocenters. The van der Waals surface area contributed by atoms with Crippen molar-refractivity contribution < 1.29 is 17.6 Å². The van der Waals surface area contributed by atoms with Gasteiger partial charge in [0.2, 0.25) is 21.1 Å². The van der Waals surface area contributed by atoms with Gasteiger partial charge in [-0.25, -0.2) is 8.42 Å². The summed E-state index contributed by atoms with van der Waals surface area (Å²) in [6.07, 6.45) is 3.34. The maximum absolute atomic E-state index is 13.2. The van der Waals surface area contributed by atoms with Crippen molar-refractivity contribution in [2.24, 2.45) is 0 Å². The molecule has 8 nitrogen and oxygen atoms in total. The molecule has 0 atom stereocenters. The van der Waals surface area contributed by atoms with Gasteiger partial charge in [0.1, 0.15) is 10.8 Å². The van der Waals surface area contributed by atoms with Gasteiger partial charge in [0, 0.05) is 5.92 Å². The van der Waals surface area contributed by atoms with E-state index in [1.807, 2.05) is 6.92 Å². The molecule has 0 bridgehead atoms. The fourth-order valence-electron chi connectivity index (χ4n) is 3.07. The fourth-order valence-corrected chi connectivity index (χ4v) is 5.46. The zero-order valence-corrected chi connectivity index (χ0v) is 19.4. The number of nitrogens with one attached hydrogen (secondary N) is 1. The highest BCUT2D eigenvalue weighted by atomic mass is 32.2. The van der Waals surface area contributed by atoms with Crippen LogP contribution in [0.4, 0.5) is 5.13 Å². The Kier molecular flexibility index (Phi) is 7.58. The number of sulfonamides is 1. The van der Waals surface area contributed by atoms with Crippen LogP contribution in [0, 0.1) is 6.92 Å². The molecule has 3 aromatic rings. The van der Waals surface area contributed by atoms with E-state index in [1.54, 1.807) is 24.3 Å². The fraction of sp³-hybridized carbons (Fsp3) is 0.381. The highest BCUT2D eigenvalue weighted by Gasteiger charge is 2.28. The second kappa shape index (κ2) is 10.2. The molecule has 0 radical (unpaired) electrons. The van der Waals surface area contributed by atoms with Crippen molar-refractivity contribution in [1.29, 1.82) is 0 Å². The van der Waals surface area contributed by atoms with Crippen LogP contribution >= 0.6 is 11.3 Å². The molecule has 166 valence electrons. The monoisotopic (exact) mass is 462 g/mol. The first kappa shape index (κ1) is 23.1. The van der Waals surface area contributed by atoms with Crippen LogP contribution in [0.5, 0.6) is 0 Å². The maximum atomic E-state index is 13.2. The summed E-state index contributed by atoms with van der Waals surface area (Å²) in [4.78, 5) is 12.8. The summed E-state index contributed by atoms with van der Waals surface area (Å²) < 4.78 is 32.8. The van der Waals surface area contributed by atoms with Crippen LogP contribution in [-0.2, 0) is 21.4 Å². The van der Waals surface area contributed by atoms with Crippen molar-refractivity contribution in [3.8, 4) is 0 Å². The van der Waals surface area contributed by atoms with Crippen LogP contribution in [-0.4, -0.2) is 35.4 Å². The van der Waals surface area contributed by atoms with E-state index < -0.39 is 15.9 Å². The predicted molar refractivity (Wildman–Crippen MR) is 119 cm³/mol. The Morgan fingerprint density at radius 2 is 1.87 bits per heavy atom. The second-order valence-electron chi connectivity index (χ2n) is 7.17. The van der Waals surface area contributed by atoms with Crippen molar-refractivity contribution in [3.05, 3.63) is 59.0 Å². The summed E-state index contributed by atoms with van der Waals surface area (Å²) >= 11 is 1.32. The van der Waals surface area contributed by atoms with E-state index in [0.717, 1.165) is 27.7 Å². The molecular weight excluding hydrogens is 436 g/mol. The van der Waals surface area contributed by atoms with Crippen LogP contribution in [0.2, 0.25) is 0 Å². The second-order valence-corrected chi connectivity index (χ2v) is 10.1. The summed E-state index contributed by atoms with van der Waals surface area (Å²) in [7, 11) is -3.92. The molecular formula is C21H26N4O4S2. The molecule has 3 rings (SSSR count). The molecule has 1 amide bonds. The summed E-state index contributed by atoms with van der Waals surface area (Å²) in [5.74, 6) is 0.241. The molecule has 0 aliphatic rings. The average Bonchev–Trinajstić information content (AvgIpc) is 3.41. The molecule has 2 heterocycles. The normalized spacial score (nSPS) is 11.9. The lowest BCUT2D eigenvalue weighted by atomic mass is 10.1. The molecule has 0 saturated heterocycles. The Hall–Kier alpha value is -2.56. The minimum atomic E-state index is -3.92. The van der Waals surface area contributed by atoms with Crippen molar-refractivity contribution in [2.75, 3.05) is 11.9 Å². The quantitative estimate of drug-likeness (QED) is 0.485. The van der Waals surface area contributed by atoms with E-state index >= 15 is 0 Å². The number of anilines is 1. The molecule has 0 spiro atoms. The van der Waals surface area contributed by atoms with Crippen LogP contribution in [0.15, 0.2) is 52.0 Å². The van der Waals surface area contributed by atoms with Gasteiger partial charge >= 0.3 is 0 Å². The largest absolute Gasteiger partial charge is 0.468 e. The van der Waals surface area contributed by atoms with Gasteiger partial charge in [0.05, 0.1) is 24.2 Å². The Morgan fingerprint density at radius 3 is 2.48 bits per heavy atom. The summed E-state index contributed by atoms with van der Waals surface area (Å²) in [5, 5.41) is 12.1. The lowest BCUT2D eigenvalue weighted by molar-refractivity contribution is -0.116. The third kappa shape index (κ3) is 5.78. The van der Waals surface area contributed by atoms with Crippen molar-refractivity contribution in [3.63, 3.8) is 0 Å². The van der Waals surface area contributed by atoms with Crippen molar-refractivity contribution >= 4 is 32.4 Å². The first-order valence-electron chi connectivity index (χ1n) is 10.1. The number of furan rings is 1. The third-order valence-corrected chi connectivity index (χ3v) is 7.72. The number of carbonyl (C=O) groups excluding carboxylic acids is 1. The van der Waals surface area contributed by atoms with E-state index in [-0.39, 0.29) is 18.0 Å². The molecule has 0 aliphatic heterocycles. The van der Waals surface area contributed by atoms with Gasteiger partial charge in [-0.1, -0.05) is 42.9 Å². The molecule has 2 aromatic heterocycles. The Morgan fingerprint density at radius 1 is 1.16 bits per heavy atom. The molecule has 0 fully saturated rings. The highest BCUT2D eigenvalue weighted by Crippen LogP contribution is 2.28. The zero-order chi connectivity index (χ0) is 22.4. The third-order valence-electron chi connectivity index (χ3n) is 4.91. The van der Waals surface area contributed by atoms with Crippen molar-refractivity contribution in [2.45, 2.75) is 51.0 Å². The van der Waals surface area contributed by atoms with Gasteiger partial charge in [-0.05, 0) is 44.0 Å². The van der Waals surface area contributed by atoms with E-state index in [9.17, 15) is 13.2 Å². The minimum Gasteiger partial charge on any atom is -0.468 e. The number of aromatic nitrogens is 2. The molecule has 31 heavy (non-hydrogen) atoms. The smallest absolute Gasteiger partial charge is 0.243 e. The van der Waals surface area contributed by atoms with E-state index in [2.05, 4.69) is 29.4 Å². The number of nitrogens with zero attached hydrogens (tertiary/aromatic N) is 3. The van der Waals surface area contributed by atoms with Gasteiger partial charge in [-0.3, -0.25) is 10.1 Å². The van der Waals surface area contributed by atoms with Gasteiger partial charge < -0.3 is 4.42 Å². The SMILES string of the molecule is CCC(CC)c1nnc(NC(=O)CN(Cc2ccco2)S(=O)(=O)c2ccc(C)cc2)s1. The van der Waals surface area contributed by atoms with Crippen LogP contribution < -0.4 is 5.32 Å². The van der Waals surface area contributed by atoms with Crippen LogP contribution in [0.1, 0.15) is 48.9 Å². The lowest BCUT2D eigenvalue weighted by Crippen LogP contribution is -2.37. The molecule has 0 saturated carbocycles. The Balaban J connectivity index is 1.78. The summed E-state index contributed by atoms with van der Waals surface area (Å²) in [5.41, 5.74) is 0.943. The maximum Gasteiger partial charge on any atom is 0.243 e. The molecule has 1 N–H and O–H groups in total. The minimum absolute atomic E-state index is 0.0637. The Bertz CT molecular complexity index is 1090. The van der Waals surface area contributed by atoms with Gasteiger partial charge in [-0.15, -0.1) is 10.2 Å². The first-order valence-corrected chi connectivity index (χ1v) is 12.3. The standard InChI is InChI=1S/C21H26N4O4S2/c1-4-16(5-2)20-23-24-21(30-20)22-19(26)14-25(13-17-7-6-12-29-17)31(27,28)18-10-8-15(3)9-11-18/h6-12,16H,4-5,13-14H2,1-3H3,(H,22,24,26). The summed E-state index contributed by atoms with van der Waals surface area (Å²) in [6.45, 7) is 5.59. The van der Waals surface area contributed by atoms with Crippen LogP contribution in [0.25, 0.3) is 0 Å². The Labute approximate surface area is 186 Å². The number of carbonyl (C=O) groups is 1. The predicted octanol–water partition coefficient (Wildman–Crippen LogP) is 4.17. The van der Waals surface area contributed by atoms with Crippen LogP contribution in [0.3, 0.4) is 0 Å². The van der Waals surface area contributed by atoms with E-state index in [0.29, 0.717) is 16.8 Å². The topological polar surface area (TPSA) is 105 Å². The first-order chi connectivity index (χ1) is 14.8. The molecule has 0 aliphatic carbocycles. The molecule has 1 aromatic carbocycles. The molecule has 10 heteroatoms. The van der Waals surface area contributed by atoms with E-state index in [4.69, 9.17) is 4.42 Å². The number of hydrogen-bond acceptors (Lipinski definition) is 7. The van der Waals surface area contributed by atoms with Gasteiger partial charge in [0.25, 0.3) is 0 Å². The van der Waals surface area contributed by atoms with Gasteiger partial charge in [-0.2, -0.15) is 4.31 Å². The van der Waals surface area contributed by atoms with Gasteiger partial charge in [0.15, 0.2) is 0 Å². The highest BCUT2D eigenvalue weighted by molar-refractivity contribution is 7.89.